The Morgan fingerprint density at radius 2 is 1.12 bits per heavy atom. The van der Waals surface area contributed by atoms with Crippen LogP contribution in [0.3, 0.4) is 0 Å². The predicted octanol–water partition coefficient (Wildman–Crippen LogP) is -2.30. The zero-order valence-electron chi connectivity index (χ0n) is 19.4. The first-order valence-corrected chi connectivity index (χ1v) is 8.98. The van der Waals surface area contributed by atoms with Gasteiger partial charge in [0.2, 0.25) is 0 Å². The molecule has 34 heavy (non-hydrogen) atoms. The van der Waals surface area contributed by atoms with Crippen LogP contribution in [0, 0.1) is 10.8 Å². The fraction of sp³-hybridized carbons (Fsp3) is 0.632. The van der Waals surface area contributed by atoms with Crippen LogP contribution in [0.25, 0.3) is 0 Å². The van der Waals surface area contributed by atoms with Crippen molar-refractivity contribution in [2.24, 2.45) is 10.8 Å². The lowest BCUT2D eigenvalue weighted by atomic mass is 9.91. The van der Waals surface area contributed by atoms with Crippen molar-refractivity contribution in [2.75, 3.05) is 60.0 Å². The molecular formula is C19H40N2O13. The van der Waals surface area contributed by atoms with Crippen molar-refractivity contribution in [3.05, 3.63) is 24.8 Å². The summed E-state index contributed by atoms with van der Waals surface area (Å²) < 4.78 is 9.29. The molecule has 0 spiro atoms. The van der Waals surface area contributed by atoms with Gasteiger partial charge in [0.25, 0.3) is 0 Å². The summed E-state index contributed by atoms with van der Waals surface area (Å²) in [6.07, 6.45) is 0.606. The summed E-state index contributed by atoms with van der Waals surface area (Å²) in [5.41, 5.74) is -2.62. The molecule has 0 heterocycles. The lowest BCUT2D eigenvalue weighted by Gasteiger charge is -2.31. The number of aliphatic hydroxyl groups is 6. The summed E-state index contributed by atoms with van der Waals surface area (Å²) in [4.78, 5) is 29.5. The molecule has 0 aromatic carbocycles. The third-order valence-corrected chi connectivity index (χ3v) is 3.86. The quantitative estimate of drug-likeness (QED) is 0.0878. The van der Waals surface area contributed by atoms with Gasteiger partial charge in [-0.15, -0.1) is 0 Å². The molecule has 0 radical (unpaired) electrons. The molecule has 0 aliphatic carbocycles. The molecule has 0 aromatic rings. The molecule has 15 nitrogen and oxygen atoms in total. The van der Waals surface area contributed by atoms with E-state index in [9.17, 15) is 14.4 Å². The molecule has 0 unspecified atom stereocenters. The summed E-state index contributed by atoms with van der Waals surface area (Å²) >= 11 is 0. The summed E-state index contributed by atoms with van der Waals surface area (Å²) in [7, 11) is 1.31. The monoisotopic (exact) mass is 504 g/mol. The fourth-order valence-corrected chi connectivity index (χ4v) is 1.40. The first-order chi connectivity index (χ1) is 14.9. The van der Waals surface area contributed by atoms with E-state index in [-0.39, 0.29) is 31.1 Å². The lowest BCUT2D eigenvalue weighted by molar-refractivity contribution is -0.139. The molecule has 0 saturated heterocycles. The third-order valence-electron chi connectivity index (χ3n) is 3.86. The fourth-order valence-electron chi connectivity index (χ4n) is 1.40. The van der Waals surface area contributed by atoms with Crippen molar-refractivity contribution in [2.45, 2.75) is 6.42 Å². The highest BCUT2D eigenvalue weighted by Gasteiger charge is 2.32. The second kappa shape index (κ2) is 23.7. The number of hydrogen-bond acceptors (Lipinski definition) is 13. The molecule has 0 bridgehead atoms. The Morgan fingerprint density at radius 3 is 1.24 bits per heavy atom. The number of carbonyl (C=O) groups is 3. The Hall–Kier alpha value is -2.47. The van der Waals surface area contributed by atoms with Crippen molar-refractivity contribution >= 4 is 17.9 Å². The number of carboxylic acid groups (broad SMARTS) is 2. The van der Waals surface area contributed by atoms with Gasteiger partial charge < -0.3 is 62.6 Å². The van der Waals surface area contributed by atoms with E-state index in [1.54, 1.807) is 0 Å². The Kier molecular flexibility index (Phi) is 29.1. The summed E-state index contributed by atoms with van der Waals surface area (Å²) in [6.45, 7) is 3.17. The third kappa shape index (κ3) is 19.0. The SMILES string of the molecule is C=C(CC(=O)O)C(=O)O.C=CC(=O)OC.N.N.OCC(CO)(CO)COCC(CO)(CO)CO. The van der Waals surface area contributed by atoms with Crippen molar-refractivity contribution in [1.82, 2.24) is 12.3 Å². The molecule has 14 N–H and O–H groups in total. The Bertz CT molecular complexity index is 540. The molecule has 0 aliphatic heterocycles. The average Bonchev–Trinajstić information content (AvgIpc) is 2.80. The highest BCUT2D eigenvalue weighted by atomic mass is 16.5. The van der Waals surface area contributed by atoms with Gasteiger partial charge in [-0.2, -0.15) is 0 Å². The maximum atomic E-state index is 9.87. The van der Waals surface area contributed by atoms with Gasteiger partial charge >= 0.3 is 17.9 Å². The largest absolute Gasteiger partial charge is 0.481 e. The Labute approximate surface area is 197 Å². The molecule has 15 heteroatoms. The standard InChI is InChI=1S/C10H22O7.C5H6O4.C4H6O2.2H3N/c11-1-9(2-12,3-13)7-17-8-10(4-14,5-15)6-16;1-3(5(8)9)2-4(6)7;1-3-4(5)6-2;;/h11-16H,1-8H2;1-2H2,(H,6,7)(H,8,9);3H,1H2,2H3;2*1H3. The van der Waals surface area contributed by atoms with Crippen LogP contribution in [0.5, 0.6) is 0 Å². The minimum Gasteiger partial charge on any atom is -0.481 e. The first kappa shape index (κ1) is 41.8. The Balaban J connectivity index is -0.000000139. The molecule has 0 aliphatic rings. The average molecular weight is 505 g/mol. The number of esters is 1. The topological polar surface area (TPSA) is 302 Å². The van der Waals surface area contributed by atoms with Crippen LogP contribution < -0.4 is 12.3 Å². The first-order valence-electron chi connectivity index (χ1n) is 8.98. The molecule has 0 amide bonds. The van der Waals surface area contributed by atoms with Crippen LogP contribution in [0.4, 0.5) is 0 Å². The van der Waals surface area contributed by atoms with E-state index in [1.807, 2.05) is 0 Å². The zero-order chi connectivity index (χ0) is 25.8. The van der Waals surface area contributed by atoms with Gasteiger partial charge in [0.05, 0.1) is 77.2 Å². The van der Waals surface area contributed by atoms with E-state index in [0.29, 0.717) is 0 Å². The van der Waals surface area contributed by atoms with Crippen LogP contribution in [0.1, 0.15) is 6.42 Å². The second-order valence-electron chi connectivity index (χ2n) is 6.65. The van der Waals surface area contributed by atoms with E-state index in [2.05, 4.69) is 17.9 Å². The van der Waals surface area contributed by atoms with Crippen molar-refractivity contribution in [1.29, 1.82) is 0 Å². The smallest absolute Gasteiger partial charge is 0.331 e. The number of rotatable bonds is 14. The van der Waals surface area contributed by atoms with Gasteiger partial charge in [0, 0.05) is 11.6 Å². The van der Waals surface area contributed by atoms with E-state index in [0.717, 1.165) is 6.08 Å². The summed E-state index contributed by atoms with van der Waals surface area (Å²) in [5.74, 6) is -2.84. The van der Waals surface area contributed by atoms with Gasteiger partial charge in [-0.25, -0.2) is 9.59 Å². The number of hydrogen-bond donors (Lipinski definition) is 10. The molecule has 0 atom stereocenters. The molecule has 0 aromatic heterocycles. The van der Waals surface area contributed by atoms with E-state index in [1.165, 1.54) is 7.11 Å². The number of carbonyl (C=O) groups excluding carboxylic acids is 1. The van der Waals surface area contributed by atoms with Crippen LogP contribution in [0.2, 0.25) is 0 Å². The van der Waals surface area contributed by atoms with Gasteiger partial charge in [0.1, 0.15) is 0 Å². The van der Waals surface area contributed by atoms with Crippen molar-refractivity contribution in [3.8, 4) is 0 Å². The predicted molar refractivity (Wildman–Crippen MR) is 119 cm³/mol. The van der Waals surface area contributed by atoms with E-state index < -0.39 is 74.8 Å². The second-order valence-corrected chi connectivity index (χ2v) is 6.65. The number of aliphatic hydroxyl groups excluding tert-OH is 6. The van der Waals surface area contributed by atoms with Gasteiger partial charge in [-0.3, -0.25) is 4.79 Å². The molecular weight excluding hydrogens is 464 g/mol. The van der Waals surface area contributed by atoms with Crippen molar-refractivity contribution < 1.29 is 64.7 Å². The number of carboxylic acids is 2. The van der Waals surface area contributed by atoms with Gasteiger partial charge in [-0.05, 0) is 0 Å². The number of ether oxygens (including phenoxy) is 2. The Morgan fingerprint density at radius 1 is 0.794 bits per heavy atom. The zero-order valence-corrected chi connectivity index (χ0v) is 19.4. The lowest BCUT2D eigenvalue weighted by Crippen LogP contribution is -2.43. The summed E-state index contributed by atoms with van der Waals surface area (Å²) in [5, 5.41) is 70.3. The van der Waals surface area contributed by atoms with Crippen LogP contribution in [-0.4, -0.2) is 119 Å². The minimum atomic E-state index is -1.27. The normalized spacial score (nSPS) is 9.97. The van der Waals surface area contributed by atoms with Gasteiger partial charge in [-0.1, -0.05) is 13.2 Å². The molecule has 0 rings (SSSR count). The molecule has 0 fully saturated rings. The summed E-state index contributed by atoms with van der Waals surface area (Å²) in [6, 6.07) is 0. The van der Waals surface area contributed by atoms with Crippen LogP contribution in [-0.2, 0) is 23.9 Å². The van der Waals surface area contributed by atoms with Crippen LogP contribution in [0.15, 0.2) is 24.8 Å². The van der Waals surface area contributed by atoms with E-state index >= 15 is 0 Å². The maximum absolute atomic E-state index is 9.87. The maximum Gasteiger partial charge on any atom is 0.331 e. The van der Waals surface area contributed by atoms with Crippen LogP contribution >= 0.6 is 0 Å². The minimum absolute atomic E-state index is 0. The van der Waals surface area contributed by atoms with Gasteiger partial charge in [0.15, 0.2) is 0 Å². The van der Waals surface area contributed by atoms with Crippen molar-refractivity contribution in [3.63, 3.8) is 0 Å². The number of methoxy groups -OCH3 is 1. The molecule has 204 valence electrons. The highest BCUT2D eigenvalue weighted by Crippen LogP contribution is 2.19. The highest BCUT2D eigenvalue weighted by molar-refractivity contribution is 5.91. The number of aliphatic carboxylic acids is 2. The molecule has 0 saturated carbocycles. The van der Waals surface area contributed by atoms with E-state index in [4.69, 9.17) is 45.6 Å².